The van der Waals surface area contributed by atoms with E-state index in [0.29, 0.717) is 5.92 Å². The number of methoxy groups -OCH3 is 1. The van der Waals surface area contributed by atoms with E-state index in [1.54, 1.807) is 7.11 Å². The summed E-state index contributed by atoms with van der Waals surface area (Å²) >= 11 is 0. The highest BCUT2D eigenvalue weighted by Gasteiger charge is 2.47. The van der Waals surface area contributed by atoms with E-state index in [-0.39, 0.29) is 12.1 Å². The van der Waals surface area contributed by atoms with Gasteiger partial charge in [-0.15, -0.1) is 0 Å². The van der Waals surface area contributed by atoms with Crippen LogP contribution in [0, 0.1) is 5.92 Å². The fraction of sp³-hybridized carbons (Fsp3) is 0.556. The van der Waals surface area contributed by atoms with Gasteiger partial charge in [0.2, 0.25) is 0 Å². The first-order valence-electron chi connectivity index (χ1n) is 8.23. The van der Waals surface area contributed by atoms with Crippen LogP contribution >= 0.6 is 0 Å². The van der Waals surface area contributed by atoms with Crippen LogP contribution in [0.15, 0.2) is 18.2 Å². The van der Waals surface area contributed by atoms with Gasteiger partial charge < -0.3 is 14.8 Å². The third-order valence-corrected chi connectivity index (χ3v) is 5.90. The highest BCUT2D eigenvalue weighted by atomic mass is 16.5. The van der Waals surface area contributed by atoms with Gasteiger partial charge >= 0.3 is 0 Å². The smallest absolute Gasteiger partial charge is 0.119 e. The predicted molar refractivity (Wildman–Crippen MR) is 87.3 cm³/mol. The Labute approximate surface area is 131 Å². The van der Waals surface area contributed by atoms with Crippen molar-refractivity contribution in [2.45, 2.75) is 31.7 Å². The van der Waals surface area contributed by atoms with Crippen LogP contribution < -0.4 is 4.74 Å². The quantitative estimate of drug-likeness (QED) is 0.896. The lowest BCUT2D eigenvalue weighted by atomic mass is 9.72. The number of ether oxygens (including phenoxy) is 1. The lowest BCUT2D eigenvalue weighted by molar-refractivity contribution is -0.0303. The summed E-state index contributed by atoms with van der Waals surface area (Å²) in [6.45, 7) is 4.76. The van der Waals surface area contributed by atoms with Gasteiger partial charge in [0.15, 0.2) is 0 Å². The molecule has 1 saturated heterocycles. The molecule has 1 aromatic heterocycles. The number of aromatic amines is 1. The molecular formula is C18H24N2O2. The van der Waals surface area contributed by atoms with Gasteiger partial charge in [-0.1, -0.05) is 0 Å². The monoisotopic (exact) mass is 300 g/mol. The molecule has 1 aromatic carbocycles. The summed E-state index contributed by atoms with van der Waals surface area (Å²) in [5.41, 5.74) is 3.82. The Morgan fingerprint density at radius 2 is 2.27 bits per heavy atom. The van der Waals surface area contributed by atoms with E-state index in [0.717, 1.165) is 31.7 Å². The second-order valence-electron chi connectivity index (χ2n) is 6.80. The zero-order valence-electron chi connectivity index (χ0n) is 13.4. The topological polar surface area (TPSA) is 48.5 Å². The van der Waals surface area contributed by atoms with Crippen molar-refractivity contribution < 1.29 is 9.84 Å². The number of aromatic nitrogens is 1. The molecule has 2 aliphatic heterocycles. The predicted octanol–water partition coefficient (Wildman–Crippen LogP) is 2.65. The lowest BCUT2D eigenvalue weighted by Gasteiger charge is -2.52. The number of aliphatic hydroxyl groups excluding tert-OH is 1. The van der Waals surface area contributed by atoms with E-state index < -0.39 is 0 Å². The van der Waals surface area contributed by atoms with Crippen molar-refractivity contribution in [1.82, 2.24) is 9.88 Å². The Hall–Kier alpha value is -1.52. The maximum Gasteiger partial charge on any atom is 0.119 e. The molecule has 22 heavy (non-hydrogen) atoms. The molecule has 0 unspecified atom stereocenters. The maximum absolute atomic E-state index is 9.92. The van der Waals surface area contributed by atoms with Crippen LogP contribution in [0.5, 0.6) is 5.75 Å². The van der Waals surface area contributed by atoms with Gasteiger partial charge in [-0.25, -0.2) is 0 Å². The van der Waals surface area contributed by atoms with Crippen LogP contribution in [-0.4, -0.2) is 41.8 Å². The SMILES string of the molecule is COc1ccc2[nH]c3c(c2c1)CCN1CCC[C@@H](CO)[C@]31C. The van der Waals surface area contributed by atoms with Crippen LogP contribution in [0.25, 0.3) is 10.9 Å². The first-order chi connectivity index (χ1) is 10.7. The summed E-state index contributed by atoms with van der Waals surface area (Å²) in [7, 11) is 1.71. The molecule has 0 aliphatic carbocycles. The Morgan fingerprint density at radius 1 is 1.41 bits per heavy atom. The Morgan fingerprint density at radius 3 is 3.05 bits per heavy atom. The van der Waals surface area contributed by atoms with Crippen molar-refractivity contribution in [2.75, 3.05) is 26.8 Å². The average molecular weight is 300 g/mol. The van der Waals surface area contributed by atoms with Gasteiger partial charge in [0.1, 0.15) is 5.75 Å². The molecule has 4 rings (SSSR count). The molecule has 4 heteroatoms. The molecule has 0 spiro atoms. The van der Waals surface area contributed by atoms with Gasteiger partial charge in [-0.3, -0.25) is 4.90 Å². The molecule has 4 nitrogen and oxygen atoms in total. The third-order valence-electron chi connectivity index (χ3n) is 5.90. The maximum atomic E-state index is 9.92. The van der Waals surface area contributed by atoms with Gasteiger partial charge in [-0.05, 0) is 56.5 Å². The lowest BCUT2D eigenvalue weighted by Crippen LogP contribution is -2.57. The number of hydrogen-bond acceptors (Lipinski definition) is 3. The summed E-state index contributed by atoms with van der Waals surface area (Å²) < 4.78 is 5.39. The van der Waals surface area contributed by atoms with Crippen molar-refractivity contribution in [3.8, 4) is 5.75 Å². The van der Waals surface area contributed by atoms with Gasteiger partial charge in [0.25, 0.3) is 0 Å². The second-order valence-corrected chi connectivity index (χ2v) is 6.80. The molecule has 2 aromatic rings. The van der Waals surface area contributed by atoms with Crippen molar-refractivity contribution in [3.63, 3.8) is 0 Å². The number of nitrogens with zero attached hydrogens (tertiary/aromatic N) is 1. The molecule has 0 amide bonds. The number of piperidine rings is 1. The van der Waals surface area contributed by atoms with E-state index in [4.69, 9.17) is 4.74 Å². The molecule has 0 radical (unpaired) electrons. The molecule has 1 fully saturated rings. The van der Waals surface area contributed by atoms with Crippen LogP contribution in [0.4, 0.5) is 0 Å². The molecular weight excluding hydrogens is 276 g/mol. The minimum absolute atomic E-state index is 0.0765. The molecule has 3 heterocycles. The van der Waals surface area contributed by atoms with Crippen molar-refractivity contribution >= 4 is 10.9 Å². The third kappa shape index (κ3) is 1.77. The standard InChI is InChI=1S/C18H24N2O2/c1-18-12(11-21)4-3-8-20(18)9-7-14-15-10-13(22-2)5-6-16(15)19-17(14)18/h5-6,10,12,19,21H,3-4,7-9,11H2,1-2H3/t12-,18+/m0/s1. The van der Waals surface area contributed by atoms with Crippen LogP contribution in [0.3, 0.4) is 0 Å². The van der Waals surface area contributed by atoms with Gasteiger partial charge in [0.05, 0.1) is 12.6 Å². The number of fused-ring (bicyclic) bond motifs is 5. The number of aliphatic hydroxyl groups is 1. The number of nitrogens with one attached hydrogen (secondary N) is 1. The summed E-state index contributed by atoms with van der Waals surface area (Å²) in [6.07, 6.45) is 3.35. The van der Waals surface area contributed by atoms with Gasteiger partial charge in [-0.2, -0.15) is 0 Å². The van der Waals surface area contributed by atoms with Crippen LogP contribution in [-0.2, 0) is 12.0 Å². The zero-order valence-corrected chi connectivity index (χ0v) is 13.4. The second kappa shape index (κ2) is 5.00. The average Bonchev–Trinajstić information content (AvgIpc) is 2.93. The number of H-pyrrole nitrogens is 1. The first-order valence-corrected chi connectivity index (χ1v) is 8.23. The van der Waals surface area contributed by atoms with Crippen molar-refractivity contribution in [1.29, 1.82) is 0 Å². The minimum atomic E-state index is -0.0765. The summed E-state index contributed by atoms with van der Waals surface area (Å²) in [5, 5.41) is 11.2. The minimum Gasteiger partial charge on any atom is -0.497 e. The zero-order chi connectivity index (χ0) is 15.3. The largest absolute Gasteiger partial charge is 0.497 e. The van der Waals surface area contributed by atoms with Crippen LogP contribution in [0.1, 0.15) is 31.0 Å². The van der Waals surface area contributed by atoms with E-state index >= 15 is 0 Å². The summed E-state index contributed by atoms with van der Waals surface area (Å²) in [4.78, 5) is 6.22. The highest BCUT2D eigenvalue weighted by molar-refractivity contribution is 5.86. The Bertz CT molecular complexity index is 708. The normalized spacial score (nSPS) is 28.4. The number of benzene rings is 1. The molecule has 0 saturated carbocycles. The Balaban J connectivity index is 1.92. The van der Waals surface area contributed by atoms with Crippen LogP contribution in [0.2, 0.25) is 0 Å². The molecule has 0 bridgehead atoms. The van der Waals surface area contributed by atoms with Gasteiger partial charge in [0, 0.05) is 35.7 Å². The molecule has 2 aliphatic rings. The van der Waals surface area contributed by atoms with Crippen molar-refractivity contribution in [3.05, 3.63) is 29.5 Å². The van der Waals surface area contributed by atoms with Crippen molar-refractivity contribution in [2.24, 2.45) is 5.92 Å². The number of rotatable bonds is 2. The fourth-order valence-corrected chi connectivity index (χ4v) is 4.57. The van der Waals surface area contributed by atoms with E-state index in [1.807, 2.05) is 6.07 Å². The highest BCUT2D eigenvalue weighted by Crippen LogP contribution is 2.47. The number of hydrogen-bond donors (Lipinski definition) is 2. The summed E-state index contributed by atoms with van der Waals surface area (Å²) in [6, 6.07) is 6.26. The van der Waals surface area contributed by atoms with E-state index in [2.05, 4.69) is 28.9 Å². The first kappa shape index (κ1) is 14.1. The molecule has 2 N–H and O–H groups in total. The molecule has 2 atom stereocenters. The molecule has 118 valence electrons. The van der Waals surface area contributed by atoms with E-state index in [1.165, 1.54) is 28.6 Å². The Kier molecular flexibility index (Phi) is 3.20. The summed E-state index contributed by atoms with van der Waals surface area (Å²) in [5.74, 6) is 1.21. The fourth-order valence-electron chi connectivity index (χ4n) is 4.57. The van der Waals surface area contributed by atoms with E-state index in [9.17, 15) is 5.11 Å².